The second kappa shape index (κ2) is 5.59. The molecule has 1 fully saturated rings. The van der Waals surface area contributed by atoms with Crippen LogP contribution < -0.4 is 10.6 Å². The Balaban J connectivity index is 1.75. The molecule has 0 radical (unpaired) electrons. The van der Waals surface area contributed by atoms with Crippen molar-refractivity contribution in [3.63, 3.8) is 0 Å². The molecule has 6 heteroatoms. The third-order valence-electron chi connectivity index (χ3n) is 3.01. The van der Waals surface area contributed by atoms with E-state index in [1.807, 2.05) is 0 Å². The highest BCUT2D eigenvalue weighted by Gasteiger charge is 2.23. The van der Waals surface area contributed by atoms with Crippen LogP contribution in [0.1, 0.15) is 5.56 Å². The minimum Gasteiger partial charge on any atom is -0.355 e. The molecule has 1 aliphatic heterocycles. The zero-order chi connectivity index (χ0) is 13.0. The third kappa shape index (κ3) is 3.04. The van der Waals surface area contributed by atoms with E-state index in [0.717, 1.165) is 18.7 Å². The summed E-state index contributed by atoms with van der Waals surface area (Å²) in [5, 5.41) is 16.4. The van der Waals surface area contributed by atoms with Gasteiger partial charge in [-0.15, -0.1) is 0 Å². The van der Waals surface area contributed by atoms with Crippen molar-refractivity contribution in [2.75, 3.05) is 19.6 Å². The minimum atomic E-state index is -0.421. The number of carbonyl (C=O) groups excluding carboxylic acids is 1. The molecule has 18 heavy (non-hydrogen) atoms. The summed E-state index contributed by atoms with van der Waals surface area (Å²) < 4.78 is 0. The predicted molar refractivity (Wildman–Crippen MR) is 66.2 cm³/mol. The minimum absolute atomic E-state index is 0.0793. The van der Waals surface area contributed by atoms with Gasteiger partial charge in [0.15, 0.2) is 0 Å². The molecule has 0 bridgehead atoms. The van der Waals surface area contributed by atoms with Crippen LogP contribution in [0.15, 0.2) is 24.3 Å². The molecular weight excluding hydrogens is 234 g/mol. The number of nitro groups is 1. The van der Waals surface area contributed by atoms with Crippen LogP contribution in [0.5, 0.6) is 0 Å². The van der Waals surface area contributed by atoms with Crippen molar-refractivity contribution in [1.29, 1.82) is 0 Å². The van der Waals surface area contributed by atoms with Gasteiger partial charge in [0.05, 0.1) is 10.8 Å². The average Bonchev–Trinajstić information content (AvgIpc) is 2.27. The summed E-state index contributed by atoms with van der Waals surface area (Å²) in [4.78, 5) is 21.6. The Morgan fingerprint density at radius 2 is 2.06 bits per heavy atom. The molecule has 1 amide bonds. The molecule has 1 aromatic carbocycles. The first-order chi connectivity index (χ1) is 8.66. The molecule has 0 atom stereocenters. The van der Waals surface area contributed by atoms with Crippen molar-refractivity contribution in [3.8, 4) is 0 Å². The Hall–Kier alpha value is -1.95. The molecular formula is C12H15N3O3. The number of hydrogen-bond donors (Lipinski definition) is 2. The van der Waals surface area contributed by atoms with E-state index < -0.39 is 4.92 Å². The van der Waals surface area contributed by atoms with Crippen molar-refractivity contribution in [1.82, 2.24) is 10.6 Å². The number of hydrogen-bond acceptors (Lipinski definition) is 4. The SMILES string of the molecule is O=C(NCCc1ccc([N+](=O)[O-])cc1)C1CNC1. The van der Waals surface area contributed by atoms with Gasteiger partial charge < -0.3 is 10.6 Å². The summed E-state index contributed by atoms with van der Waals surface area (Å²) in [6, 6.07) is 6.39. The van der Waals surface area contributed by atoms with Gasteiger partial charge in [-0.25, -0.2) is 0 Å². The fraction of sp³-hybridized carbons (Fsp3) is 0.417. The fourth-order valence-corrected chi connectivity index (χ4v) is 1.73. The highest BCUT2D eigenvalue weighted by atomic mass is 16.6. The molecule has 0 aliphatic carbocycles. The molecule has 6 nitrogen and oxygen atoms in total. The summed E-state index contributed by atoms with van der Waals surface area (Å²) in [6.45, 7) is 2.07. The molecule has 0 spiro atoms. The molecule has 96 valence electrons. The molecule has 1 saturated heterocycles. The van der Waals surface area contributed by atoms with Gasteiger partial charge in [0.25, 0.3) is 5.69 Å². The molecule has 1 heterocycles. The number of carbonyl (C=O) groups is 1. The van der Waals surface area contributed by atoms with E-state index in [1.54, 1.807) is 12.1 Å². The first kappa shape index (κ1) is 12.5. The van der Waals surface area contributed by atoms with E-state index in [1.165, 1.54) is 12.1 Å². The molecule has 0 saturated carbocycles. The zero-order valence-electron chi connectivity index (χ0n) is 9.89. The summed E-state index contributed by atoms with van der Waals surface area (Å²) in [5.41, 5.74) is 1.07. The van der Waals surface area contributed by atoms with E-state index in [4.69, 9.17) is 0 Å². The van der Waals surface area contributed by atoms with E-state index in [9.17, 15) is 14.9 Å². The number of non-ortho nitro benzene ring substituents is 1. The maximum absolute atomic E-state index is 11.5. The van der Waals surface area contributed by atoms with Crippen molar-refractivity contribution < 1.29 is 9.72 Å². The second-order valence-electron chi connectivity index (χ2n) is 4.32. The number of nitro benzene ring substituents is 1. The Labute approximate surface area is 105 Å². The van der Waals surface area contributed by atoms with Gasteiger partial charge in [-0.05, 0) is 12.0 Å². The standard InChI is InChI=1S/C12H15N3O3/c16-12(10-7-13-8-10)14-6-5-9-1-3-11(4-2-9)15(17)18/h1-4,10,13H,5-8H2,(H,14,16). The fourth-order valence-electron chi connectivity index (χ4n) is 1.73. The second-order valence-corrected chi connectivity index (χ2v) is 4.32. The van der Waals surface area contributed by atoms with E-state index in [-0.39, 0.29) is 17.5 Å². The number of rotatable bonds is 5. The third-order valence-corrected chi connectivity index (χ3v) is 3.01. The molecule has 0 aromatic heterocycles. The van der Waals surface area contributed by atoms with Gasteiger partial charge in [0.1, 0.15) is 0 Å². The Morgan fingerprint density at radius 3 is 2.56 bits per heavy atom. The van der Waals surface area contributed by atoms with Crippen LogP contribution in [0.2, 0.25) is 0 Å². The van der Waals surface area contributed by atoms with Gasteiger partial charge in [-0.3, -0.25) is 14.9 Å². The maximum atomic E-state index is 11.5. The lowest BCUT2D eigenvalue weighted by Gasteiger charge is -2.25. The average molecular weight is 249 g/mol. The van der Waals surface area contributed by atoms with Gasteiger partial charge in [0.2, 0.25) is 5.91 Å². The van der Waals surface area contributed by atoms with Crippen molar-refractivity contribution in [2.24, 2.45) is 5.92 Å². The lowest BCUT2D eigenvalue weighted by Crippen LogP contribution is -2.51. The Morgan fingerprint density at radius 1 is 1.39 bits per heavy atom. The van der Waals surface area contributed by atoms with Crippen LogP contribution in [0.25, 0.3) is 0 Å². The smallest absolute Gasteiger partial charge is 0.269 e. The number of nitrogens with zero attached hydrogens (tertiary/aromatic N) is 1. The normalized spacial score (nSPS) is 14.9. The summed E-state index contributed by atoms with van der Waals surface area (Å²) >= 11 is 0. The molecule has 1 aliphatic rings. The van der Waals surface area contributed by atoms with Crippen LogP contribution in [-0.4, -0.2) is 30.5 Å². The van der Waals surface area contributed by atoms with Crippen molar-refractivity contribution in [2.45, 2.75) is 6.42 Å². The lowest BCUT2D eigenvalue weighted by atomic mass is 10.0. The van der Waals surface area contributed by atoms with E-state index >= 15 is 0 Å². The lowest BCUT2D eigenvalue weighted by molar-refractivity contribution is -0.384. The van der Waals surface area contributed by atoms with Gasteiger partial charge in [0, 0.05) is 31.8 Å². The largest absolute Gasteiger partial charge is 0.355 e. The summed E-state index contributed by atoms with van der Waals surface area (Å²) in [7, 11) is 0. The van der Waals surface area contributed by atoms with E-state index in [0.29, 0.717) is 13.0 Å². The van der Waals surface area contributed by atoms with E-state index in [2.05, 4.69) is 10.6 Å². The maximum Gasteiger partial charge on any atom is 0.269 e. The highest BCUT2D eigenvalue weighted by Crippen LogP contribution is 2.12. The molecule has 2 rings (SSSR count). The summed E-state index contributed by atoms with van der Waals surface area (Å²) in [5.74, 6) is 0.178. The molecule has 1 aromatic rings. The van der Waals surface area contributed by atoms with Gasteiger partial charge in [-0.2, -0.15) is 0 Å². The summed E-state index contributed by atoms with van der Waals surface area (Å²) in [6.07, 6.45) is 0.684. The van der Waals surface area contributed by atoms with Gasteiger partial charge in [-0.1, -0.05) is 12.1 Å². The topological polar surface area (TPSA) is 84.3 Å². The molecule has 0 unspecified atom stereocenters. The van der Waals surface area contributed by atoms with Crippen LogP contribution >= 0.6 is 0 Å². The van der Waals surface area contributed by atoms with Crippen molar-refractivity contribution in [3.05, 3.63) is 39.9 Å². The van der Waals surface area contributed by atoms with Crippen LogP contribution in [-0.2, 0) is 11.2 Å². The molecule has 2 N–H and O–H groups in total. The zero-order valence-corrected chi connectivity index (χ0v) is 9.89. The van der Waals surface area contributed by atoms with Crippen LogP contribution in [0.4, 0.5) is 5.69 Å². The van der Waals surface area contributed by atoms with Gasteiger partial charge >= 0.3 is 0 Å². The van der Waals surface area contributed by atoms with Crippen molar-refractivity contribution >= 4 is 11.6 Å². The number of benzene rings is 1. The Kier molecular flexibility index (Phi) is 3.88. The number of amides is 1. The number of nitrogens with one attached hydrogen (secondary N) is 2. The first-order valence-corrected chi connectivity index (χ1v) is 5.88. The monoisotopic (exact) mass is 249 g/mol. The Bertz CT molecular complexity index is 440. The highest BCUT2D eigenvalue weighted by molar-refractivity contribution is 5.79. The quantitative estimate of drug-likeness (QED) is 0.587. The first-order valence-electron chi connectivity index (χ1n) is 5.88. The van der Waals surface area contributed by atoms with Crippen LogP contribution in [0, 0.1) is 16.0 Å². The van der Waals surface area contributed by atoms with Crippen LogP contribution in [0.3, 0.4) is 0 Å². The predicted octanol–water partition coefficient (Wildman–Crippen LogP) is 0.473.